The number of hydrogen-bond donors (Lipinski definition) is 1. The normalized spacial score (nSPS) is 18.0. The molecule has 2 aliphatic rings. The maximum Gasteiger partial charge on any atom is 0.255 e. The van der Waals surface area contributed by atoms with Crippen molar-refractivity contribution < 1.29 is 13.2 Å². The first-order valence-electron chi connectivity index (χ1n) is 9.34. The lowest BCUT2D eigenvalue weighted by Gasteiger charge is -2.28. The highest BCUT2D eigenvalue weighted by molar-refractivity contribution is 7.91. The van der Waals surface area contributed by atoms with E-state index < -0.39 is 9.84 Å². The predicted molar refractivity (Wildman–Crippen MR) is 113 cm³/mol. The Morgan fingerprint density at radius 3 is 2.43 bits per heavy atom. The molecule has 1 aliphatic heterocycles. The number of nitrogens with one attached hydrogen (secondary N) is 1. The Hall–Kier alpha value is -2.86. The number of carbonyl (C=O) groups is 1. The first-order valence-corrected chi connectivity index (χ1v) is 11.2. The Bertz CT molecular complexity index is 1040. The summed E-state index contributed by atoms with van der Waals surface area (Å²) in [5, 5.41) is 2.93. The van der Waals surface area contributed by atoms with Crippen LogP contribution in [0, 0.1) is 0 Å². The standard InChI is InChI=1S/C22H22N2O3S/c25-22(19-7-3-6-18(16-19)17-4-1-2-5-17)23-20-8-10-21(11-9-20)24-12-14-28(26,27)15-13-24/h1,3-11,16H,2,12-15H2,(H,23,25). The molecule has 1 amide bonds. The molecule has 6 heteroatoms. The van der Waals surface area contributed by atoms with E-state index in [0.717, 1.165) is 23.2 Å². The summed E-state index contributed by atoms with van der Waals surface area (Å²) in [6.45, 7) is 1.01. The lowest BCUT2D eigenvalue weighted by molar-refractivity contribution is 0.102. The van der Waals surface area contributed by atoms with Crippen molar-refractivity contribution in [3.63, 3.8) is 0 Å². The quantitative estimate of drug-likeness (QED) is 0.862. The maximum atomic E-state index is 12.6. The van der Waals surface area contributed by atoms with Crippen LogP contribution in [0.25, 0.3) is 5.57 Å². The third-order valence-corrected chi connectivity index (χ3v) is 6.67. The van der Waals surface area contributed by atoms with Crippen LogP contribution in [0.3, 0.4) is 0 Å². The third kappa shape index (κ3) is 4.17. The molecule has 0 spiro atoms. The topological polar surface area (TPSA) is 66.5 Å². The van der Waals surface area contributed by atoms with Gasteiger partial charge in [-0.2, -0.15) is 0 Å². The average Bonchev–Trinajstić information content (AvgIpc) is 3.24. The molecule has 0 unspecified atom stereocenters. The number of allylic oxidation sites excluding steroid dienone is 4. The molecule has 0 radical (unpaired) electrons. The Morgan fingerprint density at radius 1 is 1.00 bits per heavy atom. The van der Waals surface area contributed by atoms with Crippen molar-refractivity contribution in [2.24, 2.45) is 0 Å². The molecule has 1 aliphatic carbocycles. The minimum atomic E-state index is -2.90. The summed E-state index contributed by atoms with van der Waals surface area (Å²) in [6.07, 6.45) is 7.24. The number of hydrogen-bond acceptors (Lipinski definition) is 4. The predicted octanol–water partition coefficient (Wildman–Crippen LogP) is 3.52. The van der Waals surface area contributed by atoms with E-state index in [4.69, 9.17) is 0 Å². The van der Waals surface area contributed by atoms with Crippen LogP contribution in [-0.2, 0) is 9.84 Å². The number of anilines is 2. The van der Waals surface area contributed by atoms with E-state index in [1.165, 1.54) is 0 Å². The van der Waals surface area contributed by atoms with Gasteiger partial charge in [0.05, 0.1) is 11.5 Å². The van der Waals surface area contributed by atoms with Crippen molar-refractivity contribution in [1.29, 1.82) is 0 Å². The molecule has 5 nitrogen and oxygen atoms in total. The van der Waals surface area contributed by atoms with Crippen molar-refractivity contribution >= 4 is 32.7 Å². The Morgan fingerprint density at radius 2 is 1.75 bits per heavy atom. The van der Waals surface area contributed by atoms with Gasteiger partial charge >= 0.3 is 0 Å². The van der Waals surface area contributed by atoms with Gasteiger partial charge in [0, 0.05) is 30.0 Å². The van der Waals surface area contributed by atoms with Crippen LogP contribution >= 0.6 is 0 Å². The molecule has 1 N–H and O–H groups in total. The Labute approximate surface area is 165 Å². The molecule has 1 saturated heterocycles. The van der Waals surface area contributed by atoms with Crippen LogP contribution in [0.15, 0.2) is 66.8 Å². The van der Waals surface area contributed by atoms with E-state index in [2.05, 4.69) is 28.4 Å². The number of rotatable bonds is 4. The zero-order chi connectivity index (χ0) is 19.6. The van der Waals surface area contributed by atoms with Crippen molar-refractivity contribution in [2.45, 2.75) is 6.42 Å². The monoisotopic (exact) mass is 394 g/mol. The number of benzene rings is 2. The summed E-state index contributed by atoms with van der Waals surface area (Å²) in [7, 11) is -2.90. The summed E-state index contributed by atoms with van der Waals surface area (Å²) in [4.78, 5) is 14.7. The second-order valence-electron chi connectivity index (χ2n) is 7.02. The number of amides is 1. The summed E-state index contributed by atoms with van der Waals surface area (Å²) >= 11 is 0. The Kier molecular flexibility index (Phi) is 5.05. The number of nitrogens with zero attached hydrogens (tertiary/aromatic N) is 1. The minimum absolute atomic E-state index is 0.152. The van der Waals surface area contributed by atoms with Gasteiger partial charge in [-0.15, -0.1) is 0 Å². The van der Waals surface area contributed by atoms with E-state index in [-0.39, 0.29) is 17.4 Å². The molecule has 1 heterocycles. The van der Waals surface area contributed by atoms with Crippen LogP contribution < -0.4 is 10.2 Å². The summed E-state index contributed by atoms with van der Waals surface area (Å²) in [5.41, 5.74) is 4.47. The van der Waals surface area contributed by atoms with Crippen LogP contribution in [0.5, 0.6) is 0 Å². The van der Waals surface area contributed by atoms with Gasteiger partial charge < -0.3 is 10.2 Å². The highest BCUT2D eigenvalue weighted by atomic mass is 32.2. The SMILES string of the molecule is O=C(Nc1ccc(N2CCS(=O)(=O)CC2)cc1)c1cccc(C2=CCC=C2)c1. The Balaban J connectivity index is 1.42. The molecular formula is C22H22N2O3S. The van der Waals surface area contributed by atoms with Gasteiger partial charge in [-0.1, -0.05) is 30.4 Å². The highest BCUT2D eigenvalue weighted by Crippen LogP contribution is 2.24. The first-order chi connectivity index (χ1) is 13.5. The van der Waals surface area contributed by atoms with Crippen molar-refractivity contribution in [3.8, 4) is 0 Å². The van der Waals surface area contributed by atoms with E-state index in [1.807, 2.05) is 42.5 Å². The van der Waals surface area contributed by atoms with Gasteiger partial charge in [0.15, 0.2) is 9.84 Å². The zero-order valence-corrected chi connectivity index (χ0v) is 16.3. The van der Waals surface area contributed by atoms with Gasteiger partial charge in [0.1, 0.15) is 0 Å². The highest BCUT2D eigenvalue weighted by Gasteiger charge is 2.21. The molecule has 144 valence electrons. The number of sulfone groups is 1. The second kappa shape index (κ2) is 7.64. The average molecular weight is 394 g/mol. The fourth-order valence-corrected chi connectivity index (χ4v) is 4.64. The van der Waals surface area contributed by atoms with E-state index in [9.17, 15) is 13.2 Å². The zero-order valence-electron chi connectivity index (χ0n) is 15.5. The van der Waals surface area contributed by atoms with E-state index in [1.54, 1.807) is 6.07 Å². The molecule has 28 heavy (non-hydrogen) atoms. The summed E-state index contributed by atoms with van der Waals surface area (Å²) in [5.74, 6) is 0.224. The van der Waals surface area contributed by atoms with Gasteiger partial charge in [-0.05, 0) is 54.0 Å². The maximum absolute atomic E-state index is 12.6. The smallest absolute Gasteiger partial charge is 0.255 e. The molecular weight excluding hydrogens is 372 g/mol. The summed E-state index contributed by atoms with van der Waals surface area (Å²) < 4.78 is 23.1. The van der Waals surface area contributed by atoms with Gasteiger partial charge in [-0.3, -0.25) is 4.79 Å². The van der Waals surface area contributed by atoms with Crippen LogP contribution in [0.2, 0.25) is 0 Å². The first kappa shape index (κ1) is 18.5. The molecule has 0 bridgehead atoms. The number of carbonyl (C=O) groups excluding carboxylic acids is 1. The molecule has 1 fully saturated rings. The molecule has 2 aromatic carbocycles. The van der Waals surface area contributed by atoms with E-state index >= 15 is 0 Å². The fraction of sp³-hybridized carbons (Fsp3) is 0.227. The molecule has 0 atom stereocenters. The van der Waals surface area contributed by atoms with Crippen molar-refractivity contribution in [3.05, 3.63) is 77.9 Å². The lowest BCUT2D eigenvalue weighted by Crippen LogP contribution is -2.40. The molecule has 2 aromatic rings. The van der Waals surface area contributed by atoms with Crippen molar-refractivity contribution in [1.82, 2.24) is 0 Å². The van der Waals surface area contributed by atoms with Gasteiger partial charge in [-0.25, -0.2) is 8.42 Å². The van der Waals surface area contributed by atoms with Crippen LogP contribution in [-0.4, -0.2) is 38.9 Å². The van der Waals surface area contributed by atoms with Gasteiger partial charge in [0.25, 0.3) is 5.91 Å². The summed E-state index contributed by atoms with van der Waals surface area (Å²) in [6, 6.07) is 15.1. The van der Waals surface area contributed by atoms with Gasteiger partial charge in [0.2, 0.25) is 0 Å². The van der Waals surface area contributed by atoms with Crippen LogP contribution in [0.1, 0.15) is 22.3 Å². The molecule has 4 rings (SSSR count). The fourth-order valence-electron chi connectivity index (χ4n) is 3.44. The third-order valence-electron chi connectivity index (χ3n) is 5.06. The minimum Gasteiger partial charge on any atom is -0.369 e. The molecule has 0 saturated carbocycles. The second-order valence-corrected chi connectivity index (χ2v) is 9.32. The molecule has 0 aromatic heterocycles. The van der Waals surface area contributed by atoms with Crippen molar-refractivity contribution in [2.75, 3.05) is 34.8 Å². The largest absolute Gasteiger partial charge is 0.369 e. The van der Waals surface area contributed by atoms with Crippen LogP contribution in [0.4, 0.5) is 11.4 Å². The lowest BCUT2D eigenvalue weighted by atomic mass is 10.0. The van der Waals surface area contributed by atoms with E-state index in [0.29, 0.717) is 24.3 Å².